The summed E-state index contributed by atoms with van der Waals surface area (Å²) in [6.45, 7) is 5.42. The highest BCUT2D eigenvalue weighted by Gasteiger charge is 2.15. The van der Waals surface area contributed by atoms with Crippen LogP contribution in [0, 0.1) is 0 Å². The van der Waals surface area contributed by atoms with Gasteiger partial charge in [0.25, 0.3) is 0 Å². The molecule has 1 aliphatic rings. The van der Waals surface area contributed by atoms with E-state index in [0.717, 1.165) is 18.7 Å². The van der Waals surface area contributed by atoms with Gasteiger partial charge in [0.1, 0.15) is 0 Å². The summed E-state index contributed by atoms with van der Waals surface area (Å²) < 4.78 is 0. The van der Waals surface area contributed by atoms with Crippen molar-refractivity contribution >= 4 is 24.0 Å². The van der Waals surface area contributed by atoms with Crippen LogP contribution in [0.4, 0.5) is 5.69 Å². The Labute approximate surface area is 127 Å². The van der Waals surface area contributed by atoms with Gasteiger partial charge in [0.05, 0.1) is 0 Å². The SMILES string of the molecule is CC(C)c1cccc(NC(=O)CCC2CCCN2)c1.Cl. The van der Waals surface area contributed by atoms with Crippen molar-refractivity contribution in [3.8, 4) is 0 Å². The first-order valence-electron chi connectivity index (χ1n) is 7.28. The summed E-state index contributed by atoms with van der Waals surface area (Å²) >= 11 is 0. The predicted octanol–water partition coefficient (Wildman–Crippen LogP) is 3.70. The molecule has 2 N–H and O–H groups in total. The van der Waals surface area contributed by atoms with E-state index in [1.807, 2.05) is 12.1 Å². The second kappa shape index (κ2) is 8.28. The lowest BCUT2D eigenvalue weighted by Crippen LogP contribution is -2.23. The molecule has 1 unspecified atom stereocenters. The monoisotopic (exact) mass is 296 g/mol. The maximum atomic E-state index is 11.9. The summed E-state index contributed by atoms with van der Waals surface area (Å²) in [6.07, 6.45) is 3.98. The van der Waals surface area contributed by atoms with Gasteiger partial charge in [-0.25, -0.2) is 0 Å². The van der Waals surface area contributed by atoms with Crippen molar-refractivity contribution in [2.45, 2.75) is 51.5 Å². The normalized spacial score (nSPS) is 17.9. The van der Waals surface area contributed by atoms with Gasteiger partial charge in [-0.1, -0.05) is 26.0 Å². The summed E-state index contributed by atoms with van der Waals surface area (Å²) in [5.74, 6) is 0.606. The fourth-order valence-corrected chi connectivity index (χ4v) is 2.51. The zero-order valence-corrected chi connectivity index (χ0v) is 13.1. The second-order valence-corrected chi connectivity index (χ2v) is 5.66. The largest absolute Gasteiger partial charge is 0.326 e. The van der Waals surface area contributed by atoms with Crippen LogP contribution in [-0.4, -0.2) is 18.5 Å². The molecular weight excluding hydrogens is 272 g/mol. The van der Waals surface area contributed by atoms with Crippen molar-refractivity contribution in [1.82, 2.24) is 5.32 Å². The first-order valence-corrected chi connectivity index (χ1v) is 7.28. The molecule has 1 aliphatic heterocycles. The number of nitrogens with one attached hydrogen (secondary N) is 2. The van der Waals surface area contributed by atoms with Crippen molar-refractivity contribution in [2.75, 3.05) is 11.9 Å². The number of rotatable bonds is 5. The molecule has 1 amide bonds. The van der Waals surface area contributed by atoms with Crippen LogP contribution in [0.15, 0.2) is 24.3 Å². The van der Waals surface area contributed by atoms with Crippen molar-refractivity contribution in [2.24, 2.45) is 0 Å². The third-order valence-electron chi connectivity index (χ3n) is 3.72. The maximum Gasteiger partial charge on any atom is 0.224 e. The molecule has 1 fully saturated rings. The number of carbonyl (C=O) groups excluding carboxylic acids is 1. The molecule has 2 rings (SSSR count). The molecule has 4 heteroatoms. The van der Waals surface area contributed by atoms with E-state index in [2.05, 4.69) is 36.6 Å². The molecule has 0 spiro atoms. The van der Waals surface area contributed by atoms with E-state index in [1.54, 1.807) is 0 Å². The highest BCUT2D eigenvalue weighted by Crippen LogP contribution is 2.19. The number of hydrogen-bond acceptors (Lipinski definition) is 2. The maximum absolute atomic E-state index is 11.9. The van der Waals surface area contributed by atoms with Crippen LogP contribution in [0.3, 0.4) is 0 Å². The molecular formula is C16H25ClN2O. The Morgan fingerprint density at radius 1 is 1.45 bits per heavy atom. The topological polar surface area (TPSA) is 41.1 Å². The smallest absolute Gasteiger partial charge is 0.224 e. The Kier molecular flexibility index (Phi) is 7.03. The van der Waals surface area contributed by atoms with E-state index in [9.17, 15) is 4.79 Å². The van der Waals surface area contributed by atoms with Gasteiger partial charge in [0.15, 0.2) is 0 Å². The third-order valence-corrected chi connectivity index (χ3v) is 3.72. The van der Waals surface area contributed by atoms with Gasteiger partial charge in [-0.15, -0.1) is 12.4 Å². The predicted molar refractivity (Wildman–Crippen MR) is 86.7 cm³/mol. The highest BCUT2D eigenvalue weighted by atomic mass is 35.5. The Morgan fingerprint density at radius 2 is 2.25 bits per heavy atom. The molecule has 1 aromatic carbocycles. The minimum absolute atomic E-state index is 0. The van der Waals surface area contributed by atoms with Gasteiger partial charge in [-0.3, -0.25) is 4.79 Å². The lowest BCUT2D eigenvalue weighted by atomic mass is 10.0. The van der Waals surface area contributed by atoms with Crippen LogP contribution in [0.1, 0.15) is 51.0 Å². The van der Waals surface area contributed by atoms with E-state index < -0.39 is 0 Å². The van der Waals surface area contributed by atoms with E-state index in [0.29, 0.717) is 18.4 Å². The minimum Gasteiger partial charge on any atom is -0.326 e. The number of hydrogen-bond donors (Lipinski definition) is 2. The Hall–Kier alpha value is -1.06. The van der Waals surface area contributed by atoms with E-state index in [1.165, 1.54) is 18.4 Å². The van der Waals surface area contributed by atoms with Gasteiger partial charge in [0.2, 0.25) is 5.91 Å². The van der Waals surface area contributed by atoms with Crippen LogP contribution >= 0.6 is 12.4 Å². The number of carbonyl (C=O) groups is 1. The summed E-state index contributed by atoms with van der Waals surface area (Å²) in [6, 6.07) is 8.66. The fraction of sp³-hybridized carbons (Fsp3) is 0.562. The van der Waals surface area contributed by atoms with Crippen LogP contribution in [0.5, 0.6) is 0 Å². The van der Waals surface area contributed by atoms with Crippen LogP contribution < -0.4 is 10.6 Å². The van der Waals surface area contributed by atoms with Gasteiger partial charge in [0, 0.05) is 18.2 Å². The lowest BCUT2D eigenvalue weighted by Gasteiger charge is -2.11. The molecule has 112 valence electrons. The molecule has 0 saturated carbocycles. The molecule has 0 bridgehead atoms. The van der Waals surface area contributed by atoms with E-state index >= 15 is 0 Å². The van der Waals surface area contributed by atoms with Crippen LogP contribution in [0.25, 0.3) is 0 Å². The fourth-order valence-electron chi connectivity index (χ4n) is 2.51. The molecule has 1 heterocycles. The molecule has 3 nitrogen and oxygen atoms in total. The average Bonchev–Trinajstić information content (AvgIpc) is 2.90. The number of benzene rings is 1. The molecule has 0 aromatic heterocycles. The average molecular weight is 297 g/mol. The number of anilines is 1. The summed E-state index contributed by atoms with van der Waals surface area (Å²) in [5, 5.41) is 6.41. The first kappa shape index (κ1) is 17.0. The Morgan fingerprint density at radius 3 is 2.90 bits per heavy atom. The van der Waals surface area contributed by atoms with Crippen molar-refractivity contribution in [3.05, 3.63) is 29.8 Å². The van der Waals surface area contributed by atoms with Gasteiger partial charge in [-0.2, -0.15) is 0 Å². The molecule has 0 aliphatic carbocycles. The lowest BCUT2D eigenvalue weighted by molar-refractivity contribution is -0.116. The standard InChI is InChI=1S/C16H24N2O.ClH/c1-12(2)13-5-3-6-15(11-13)18-16(19)9-8-14-7-4-10-17-14;/h3,5-6,11-12,14,17H,4,7-10H2,1-2H3,(H,18,19);1H. The van der Waals surface area contributed by atoms with Gasteiger partial charge in [-0.05, 0) is 49.4 Å². The zero-order valence-electron chi connectivity index (χ0n) is 12.3. The zero-order chi connectivity index (χ0) is 13.7. The van der Waals surface area contributed by atoms with Gasteiger partial charge < -0.3 is 10.6 Å². The number of halogens is 1. The highest BCUT2D eigenvalue weighted by molar-refractivity contribution is 5.90. The molecule has 20 heavy (non-hydrogen) atoms. The van der Waals surface area contributed by atoms with Crippen molar-refractivity contribution in [1.29, 1.82) is 0 Å². The van der Waals surface area contributed by atoms with E-state index in [4.69, 9.17) is 0 Å². The summed E-state index contributed by atoms with van der Waals surface area (Å²) in [5.41, 5.74) is 2.17. The quantitative estimate of drug-likeness (QED) is 0.870. The third kappa shape index (κ3) is 5.14. The number of amides is 1. The summed E-state index contributed by atoms with van der Waals surface area (Å²) in [7, 11) is 0. The van der Waals surface area contributed by atoms with Gasteiger partial charge >= 0.3 is 0 Å². The Balaban J connectivity index is 0.00000200. The second-order valence-electron chi connectivity index (χ2n) is 5.66. The van der Waals surface area contributed by atoms with E-state index in [-0.39, 0.29) is 18.3 Å². The van der Waals surface area contributed by atoms with Crippen LogP contribution in [0.2, 0.25) is 0 Å². The minimum atomic E-state index is 0. The summed E-state index contributed by atoms with van der Waals surface area (Å²) in [4.78, 5) is 11.9. The molecule has 0 radical (unpaired) electrons. The van der Waals surface area contributed by atoms with Crippen LogP contribution in [-0.2, 0) is 4.79 Å². The van der Waals surface area contributed by atoms with Crippen molar-refractivity contribution < 1.29 is 4.79 Å². The first-order chi connectivity index (χ1) is 9.15. The Bertz CT molecular complexity index is 428. The van der Waals surface area contributed by atoms with Crippen molar-refractivity contribution in [3.63, 3.8) is 0 Å². The molecule has 1 saturated heterocycles. The molecule has 1 atom stereocenters. The molecule has 1 aromatic rings.